The minimum absolute atomic E-state index is 0.139. The van der Waals surface area contributed by atoms with Gasteiger partial charge in [-0.1, -0.05) is 54.8 Å². The predicted molar refractivity (Wildman–Crippen MR) is 147 cm³/mol. The number of rotatable bonds is 9. The van der Waals surface area contributed by atoms with E-state index in [9.17, 15) is 9.59 Å². The monoisotopic (exact) mass is 515 g/mol. The van der Waals surface area contributed by atoms with Crippen LogP contribution in [0.5, 0.6) is 0 Å². The molecular weight excluding hydrogens is 478 g/mol. The number of anilines is 1. The van der Waals surface area contributed by atoms with E-state index in [1.165, 1.54) is 11.8 Å². The maximum atomic E-state index is 13.9. The molecule has 1 N–H and O–H groups in total. The van der Waals surface area contributed by atoms with Crippen LogP contribution in [0.4, 0.5) is 5.69 Å². The average Bonchev–Trinajstić information content (AvgIpc) is 3.66. The number of nitrogens with one attached hydrogen (secondary N) is 1. The van der Waals surface area contributed by atoms with E-state index < -0.39 is 6.04 Å². The number of benzene rings is 2. The van der Waals surface area contributed by atoms with Crippen LogP contribution in [0.2, 0.25) is 0 Å². The molecule has 5 rings (SSSR count). The van der Waals surface area contributed by atoms with Gasteiger partial charge in [0.15, 0.2) is 5.76 Å². The molecule has 1 atom stereocenters. The van der Waals surface area contributed by atoms with Crippen LogP contribution in [0.25, 0.3) is 0 Å². The van der Waals surface area contributed by atoms with Gasteiger partial charge in [0.2, 0.25) is 5.91 Å². The van der Waals surface area contributed by atoms with Crippen molar-refractivity contribution in [3.63, 3.8) is 0 Å². The Hall–Kier alpha value is -3.58. The second kappa shape index (κ2) is 12.3. The lowest BCUT2D eigenvalue weighted by Gasteiger charge is -2.33. The van der Waals surface area contributed by atoms with E-state index in [2.05, 4.69) is 35.3 Å². The summed E-state index contributed by atoms with van der Waals surface area (Å²) in [5, 5.41) is 3.25. The van der Waals surface area contributed by atoms with E-state index in [-0.39, 0.29) is 23.6 Å². The number of hydrogen-bond acceptors (Lipinski definition) is 5. The third-order valence-electron chi connectivity index (χ3n) is 7.56. The van der Waals surface area contributed by atoms with Gasteiger partial charge in [-0.05, 0) is 61.6 Å². The molecule has 38 heavy (non-hydrogen) atoms. The molecule has 2 amide bonds. The minimum atomic E-state index is -0.767. The molecule has 1 unspecified atom stereocenters. The largest absolute Gasteiger partial charge is 0.459 e. The number of hydrogen-bond donors (Lipinski definition) is 1. The number of furan rings is 1. The smallest absolute Gasteiger partial charge is 0.290 e. The fraction of sp³-hybridized carbons (Fsp3) is 0.419. The molecule has 7 nitrogen and oxygen atoms in total. The molecule has 1 saturated heterocycles. The second-order valence-corrected chi connectivity index (χ2v) is 10.3. The lowest BCUT2D eigenvalue weighted by molar-refractivity contribution is -0.126. The van der Waals surface area contributed by atoms with Gasteiger partial charge >= 0.3 is 0 Å². The normalized spacial score (nSPS) is 16.8. The molecule has 200 valence electrons. The van der Waals surface area contributed by atoms with Gasteiger partial charge in [-0.15, -0.1) is 0 Å². The zero-order valence-electron chi connectivity index (χ0n) is 22.1. The van der Waals surface area contributed by atoms with Crippen LogP contribution in [0.1, 0.15) is 59.0 Å². The highest BCUT2D eigenvalue weighted by atomic mass is 16.5. The van der Waals surface area contributed by atoms with Gasteiger partial charge in [0.25, 0.3) is 5.91 Å². The quantitative estimate of drug-likeness (QED) is 0.438. The van der Waals surface area contributed by atoms with Crippen molar-refractivity contribution >= 4 is 17.5 Å². The van der Waals surface area contributed by atoms with Crippen LogP contribution in [-0.4, -0.2) is 55.6 Å². The van der Waals surface area contributed by atoms with E-state index >= 15 is 0 Å². The Bertz CT molecular complexity index is 1200. The van der Waals surface area contributed by atoms with Gasteiger partial charge in [0, 0.05) is 31.4 Å². The molecule has 3 aromatic rings. The zero-order chi connectivity index (χ0) is 26.3. The molecule has 2 aromatic carbocycles. The highest BCUT2D eigenvalue weighted by molar-refractivity contribution is 5.96. The number of morpholine rings is 1. The van der Waals surface area contributed by atoms with Gasteiger partial charge in [0.1, 0.15) is 6.04 Å². The Kier molecular flexibility index (Phi) is 8.44. The summed E-state index contributed by atoms with van der Waals surface area (Å²) in [7, 11) is 0. The fourth-order valence-corrected chi connectivity index (χ4v) is 5.52. The average molecular weight is 516 g/mol. The standard InChI is InChI=1S/C31H37N3O4/c1-23-6-4-7-24(22-23)15-16-34(31(36)28-10-5-19-38-28)29(30(35)32-26-8-2-3-9-26)25-11-13-27(14-12-25)33-17-20-37-21-18-33/h4-7,10-14,19,22,26,29H,2-3,8-9,15-18,20-21H2,1H3,(H,32,35). The molecule has 2 heterocycles. The van der Waals surface area contributed by atoms with Crippen LogP contribution in [0.3, 0.4) is 0 Å². The van der Waals surface area contributed by atoms with E-state index in [1.807, 2.05) is 30.3 Å². The maximum Gasteiger partial charge on any atom is 0.290 e. The Morgan fingerprint density at radius 3 is 2.47 bits per heavy atom. The molecule has 0 radical (unpaired) electrons. The first kappa shape index (κ1) is 26.0. The number of amides is 2. The molecule has 2 fully saturated rings. The summed E-state index contributed by atoms with van der Waals surface area (Å²) in [6.07, 6.45) is 6.32. The van der Waals surface area contributed by atoms with Crippen LogP contribution in [0.15, 0.2) is 71.3 Å². The van der Waals surface area contributed by atoms with Crippen molar-refractivity contribution in [3.05, 3.63) is 89.4 Å². The predicted octanol–water partition coefficient (Wildman–Crippen LogP) is 4.91. The topological polar surface area (TPSA) is 75.0 Å². The molecular formula is C31H37N3O4. The van der Waals surface area contributed by atoms with E-state index in [0.29, 0.717) is 26.2 Å². The van der Waals surface area contributed by atoms with Gasteiger partial charge in [-0.2, -0.15) is 0 Å². The Morgan fingerprint density at radius 1 is 1.03 bits per heavy atom. The van der Waals surface area contributed by atoms with Crippen molar-refractivity contribution in [1.82, 2.24) is 10.2 Å². The van der Waals surface area contributed by atoms with Gasteiger partial charge in [-0.25, -0.2) is 0 Å². The summed E-state index contributed by atoms with van der Waals surface area (Å²) in [5.41, 5.74) is 4.18. The third kappa shape index (κ3) is 6.27. The summed E-state index contributed by atoms with van der Waals surface area (Å²) in [6, 6.07) is 19.1. The molecule has 2 aliphatic rings. The number of aryl methyl sites for hydroxylation is 1. The van der Waals surface area contributed by atoms with Crippen molar-refractivity contribution in [1.29, 1.82) is 0 Å². The van der Waals surface area contributed by atoms with Crippen molar-refractivity contribution in [2.24, 2.45) is 0 Å². The first-order chi connectivity index (χ1) is 18.6. The summed E-state index contributed by atoms with van der Waals surface area (Å²) in [4.78, 5) is 31.7. The molecule has 1 aliphatic heterocycles. The Labute approximate surface area is 224 Å². The van der Waals surface area contributed by atoms with E-state index in [4.69, 9.17) is 9.15 Å². The fourth-order valence-electron chi connectivity index (χ4n) is 5.52. The van der Waals surface area contributed by atoms with Gasteiger partial charge in [-0.3, -0.25) is 9.59 Å². The van der Waals surface area contributed by atoms with Crippen molar-refractivity contribution in [3.8, 4) is 0 Å². The molecule has 0 bridgehead atoms. The van der Waals surface area contributed by atoms with Gasteiger partial charge in [0.05, 0.1) is 19.5 Å². The summed E-state index contributed by atoms with van der Waals surface area (Å²) in [6.45, 7) is 5.53. The number of nitrogens with zero attached hydrogens (tertiary/aromatic N) is 2. The van der Waals surface area contributed by atoms with Crippen LogP contribution >= 0.6 is 0 Å². The number of carbonyl (C=O) groups excluding carboxylic acids is 2. The van der Waals surface area contributed by atoms with Crippen LogP contribution in [-0.2, 0) is 16.0 Å². The summed E-state index contributed by atoms with van der Waals surface area (Å²) in [5.74, 6) is -0.190. The lowest BCUT2D eigenvalue weighted by atomic mass is 10.0. The number of ether oxygens (including phenoxy) is 1. The second-order valence-electron chi connectivity index (χ2n) is 10.3. The molecule has 1 aromatic heterocycles. The van der Waals surface area contributed by atoms with Crippen LogP contribution in [0, 0.1) is 6.92 Å². The number of carbonyl (C=O) groups is 2. The first-order valence-corrected chi connectivity index (χ1v) is 13.7. The van der Waals surface area contributed by atoms with Crippen molar-refractivity contribution < 1.29 is 18.7 Å². The summed E-state index contributed by atoms with van der Waals surface area (Å²) < 4.78 is 11.0. The highest BCUT2D eigenvalue weighted by Gasteiger charge is 2.34. The highest BCUT2D eigenvalue weighted by Crippen LogP contribution is 2.28. The molecule has 1 aliphatic carbocycles. The molecule has 0 spiro atoms. The van der Waals surface area contributed by atoms with Gasteiger partial charge < -0.3 is 24.3 Å². The first-order valence-electron chi connectivity index (χ1n) is 13.7. The Morgan fingerprint density at radius 2 is 1.79 bits per heavy atom. The Balaban J connectivity index is 1.46. The SMILES string of the molecule is Cc1cccc(CCN(C(=O)c2ccco2)C(C(=O)NC2CCCC2)c2ccc(N3CCOCC3)cc2)c1. The third-order valence-corrected chi connectivity index (χ3v) is 7.56. The lowest BCUT2D eigenvalue weighted by Crippen LogP contribution is -2.46. The molecule has 7 heteroatoms. The summed E-state index contributed by atoms with van der Waals surface area (Å²) >= 11 is 0. The van der Waals surface area contributed by atoms with Crippen molar-refractivity contribution in [2.75, 3.05) is 37.7 Å². The van der Waals surface area contributed by atoms with E-state index in [0.717, 1.165) is 55.6 Å². The zero-order valence-corrected chi connectivity index (χ0v) is 22.1. The minimum Gasteiger partial charge on any atom is -0.459 e. The maximum absolute atomic E-state index is 13.9. The van der Waals surface area contributed by atoms with Crippen LogP contribution < -0.4 is 10.2 Å². The van der Waals surface area contributed by atoms with E-state index in [1.54, 1.807) is 17.0 Å². The molecule has 1 saturated carbocycles. The van der Waals surface area contributed by atoms with Crippen molar-refractivity contribution in [2.45, 2.75) is 51.1 Å².